The number of halogens is 3. The lowest BCUT2D eigenvalue weighted by Crippen LogP contribution is -2.64. The average molecular weight is 586 g/mol. The molecule has 1 heterocycles. The van der Waals surface area contributed by atoms with Gasteiger partial charge in [-0.2, -0.15) is 5.10 Å². The molecule has 4 atom stereocenters. The molecule has 0 spiro atoms. The predicted molar refractivity (Wildman–Crippen MR) is 159 cm³/mol. The fourth-order valence-electron chi connectivity index (χ4n) is 8.72. The van der Waals surface area contributed by atoms with Crippen molar-refractivity contribution in [1.29, 1.82) is 0 Å². The zero-order chi connectivity index (χ0) is 27.6. The number of amides is 1. The van der Waals surface area contributed by atoms with E-state index < -0.39 is 0 Å². The summed E-state index contributed by atoms with van der Waals surface area (Å²) in [6, 6.07) is 12.8. The van der Waals surface area contributed by atoms with Crippen molar-refractivity contribution in [2.75, 3.05) is 13.1 Å². The van der Waals surface area contributed by atoms with Crippen molar-refractivity contribution in [3.8, 4) is 16.9 Å². The molecule has 2 aromatic carbocycles. The molecule has 4 saturated carbocycles. The normalized spacial score (nSPS) is 29.1. The maximum absolute atomic E-state index is 13.4. The summed E-state index contributed by atoms with van der Waals surface area (Å²) in [6.45, 7) is 8.18. The van der Waals surface area contributed by atoms with Crippen LogP contribution in [0.2, 0.25) is 15.1 Å². The lowest BCUT2D eigenvalue weighted by Gasteiger charge is -2.65. The third-order valence-electron chi connectivity index (χ3n) is 9.13. The summed E-state index contributed by atoms with van der Waals surface area (Å²) in [4.78, 5) is 13.4. The van der Waals surface area contributed by atoms with Crippen LogP contribution in [0.25, 0.3) is 16.9 Å². The van der Waals surface area contributed by atoms with E-state index in [1.807, 2.05) is 37.3 Å². The van der Waals surface area contributed by atoms with Crippen molar-refractivity contribution in [2.45, 2.75) is 64.8 Å². The van der Waals surface area contributed by atoms with E-state index in [0.29, 0.717) is 43.8 Å². The van der Waals surface area contributed by atoms with Gasteiger partial charge in [-0.25, -0.2) is 4.68 Å². The highest BCUT2D eigenvalue weighted by Gasteiger charge is 2.59. The minimum Gasteiger partial charge on any atom is -0.349 e. The number of carbonyl (C=O) groups excluding carboxylic acids is 1. The number of nitrogens with one attached hydrogen (secondary N) is 2. The van der Waals surface area contributed by atoms with E-state index in [4.69, 9.17) is 39.9 Å². The van der Waals surface area contributed by atoms with Crippen LogP contribution in [-0.2, 0) is 0 Å². The van der Waals surface area contributed by atoms with Crippen LogP contribution in [0, 0.1) is 23.7 Å². The number of hydrogen-bond donors (Lipinski definition) is 2. The molecule has 1 aromatic heterocycles. The summed E-state index contributed by atoms with van der Waals surface area (Å²) in [5.74, 6) is 0.633. The lowest BCUT2D eigenvalue weighted by atomic mass is 9.43. The summed E-state index contributed by atoms with van der Waals surface area (Å²) < 4.78 is 1.72. The monoisotopic (exact) mass is 584 g/mol. The maximum Gasteiger partial charge on any atom is 0.272 e. The van der Waals surface area contributed by atoms with E-state index in [0.717, 1.165) is 29.3 Å². The topological polar surface area (TPSA) is 59.0 Å². The molecule has 7 rings (SSSR count). The summed E-state index contributed by atoms with van der Waals surface area (Å²) in [7, 11) is 0. The minimum absolute atomic E-state index is 0.196. The van der Waals surface area contributed by atoms with E-state index in [1.165, 1.54) is 38.5 Å². The van der Waals surface area contributed by atoms with Crippen LogP contribution >= 0.6 is 34.8 Å². The Balaban J connectivity index is 1.21. The Hall–Kier alpha value is -2.05. The molecule has 0 saturated heterocycles. The number of benzene rings is 2. The molecule has 4 fully saturated rings. The quantitative estimate of drug-likeness (QED) is 0.277. The van der Waals surface area contributed by atoms with Gasteiger partial charge in [0.1, 0.15) is 0 Å². The SMILES string of the molecule is Cc1c(C(=O)NCCNC23CC4C[C@@](C)(C2)C[C@](C)(C4)C3)nn(-c2ccc(Cl)cc2Cl)c1-c1ccc(Cl)cc1. The number of nitrogens with zero attached hydrogens (tertiary/aromatic N) is 2. The van der Waals surface area contributed by atoms with Crippen LogP contribution in [0.4, 0.5) is 0 Å². The first kappa shape index (κ1) is 27.1. The molecule has 2 unspecified atom stereocenters. The number of hydrogen-bond acceptors (Lipinski definition) is 3. The van der Waals surface area contributed by atoms with Gasteiger partial charge in [0.05, 0.1) is 16.4 Å². The molecule has 5 nitrogen and oxygen atoms in total. The second-order valence-electron chi connectivity index (χ2n) is 12.9. The number of rotatable bonds is 7. The number of carbonyl (C=O) groups is 1. The predicted octanol–water partition coefficient (Wildman–Crippen LogP) is 7.88. The van der Waals surface area contributed by atoms with Crippen LogP contribution in [0.5, 0.6) is 0 Å². The van der Waals surface area contributed by atoms with Crippen molar-refractivity contribution in [2.24, 2.45) is 16.7 Å². The van der Waals surface area contributed by atoms with Crippen LogP contribution in [0.1, 0.15) is 68.4 Å². The van der Waals surface area contributed by atoms with Crippen LogP contribution < -0.4 is 10.6 Å². The summed E-state index contributed by atoms with van der Waals surface area (Å²) in [6.07, 6.45) is 7.86. The third-order valence-corrected chi connectivity index (χ3v) is 9.92. The summed E-state index contributed by atoms with van der Waals surface area (Å²) in [5, 5.41) is 13.4. The second-order valence-corrected chi connectivity index (χ2v) is 14.2. The zero-order valence-corrected chi connectivity index (χ0v) is 25.0. The van der Waals surface area contributed by atoms with Crippen LogP contribution in [-0.4, -0.2) is 34.3 Å². The van der Waals surface area contributed by atoms with Gasteiger partial charge < -0.3 is 10.6 Å². The molecule has 206 valence electrons. The van der Waals surface area contributed by atoms with Crippen LogP contribution in [0.3, 0.4) is 0 Å². The van der Waals surface area contributed by atoms with Gasteiger partial charge in [0.25, 0.3) is 5.91 Å². The average Bonchev–Trinajstić information content (AvgIpc) is 3.17. The fourth-order valence-corrected chi connectivity index (χ4v) is 9.33. The van der Waals surface area contributed by atoms with Crippen molar-refractivity contribution >= 4 is 40.7 Å². The molecule has 0 radical (unpaired) electrons. The van der Waals surface area contributed by atoms with Crippen molar-refractivity contribution < 1.29 is 4.79 Å². The molecular formula is C31H35Cl3N4O. The van der Waals surface area contributed by atoms with Crippen LogP contribution in [0.15, 0.2) is 42.5 Å². The lowest BCUT2D eigenvalue weighted by molar-refractivity contribution is -0.117. The second kappa shape index (κ2) is 9.80. The first-order valence-corrected chi connectivity index (χ1v) is 14.9. The molecular weight excluding hydrogens is 551 g/mol. The molecule has 1 amide bonds. The molecule has 3 aromatic rings. The molecule has 39 heavy (non-hydrogen) atoms. The minimum atomic E-state index is -0.196. The Morgan fingerprint density at radius 1 is 0.949 bits per heavy atom. The molecule has 4 aliphatic carbocycles. The highest BCUT2D eigenvalue weighted by atomic mass is 35.5. The standard InChI is InChI=1S/C31H35Cl3N4O/c1-19-26(28(39)35-10-11-36-31-15-20-13-29(2,17-31)16-30(3,14-20)18-31)37-38(25-9-8-23(33)12-24(25)34)27(19)21-4-6-22(32)7-5-21/h4-9,12,20,36H,10-11,13-18H2,1-3H3,(H,35,39)/t20?,29-,30+,31?. The largest absolute Gasteiger partial charge is 0.349 e. The van der Waals surface area contributed by atoms with Gasteiger partial charge in [0, 0.05) is 39.8 Å². The van der Waals surface area contributed by atoms with Gasteiger partial charge in [0.15, 0.2) is 5.69 Å². The fraction of sp³-hybridized carbons (Fsp3) is 0.484. The highest BCUT2D eigenvalue weighted by Crippen LogP contribution is 2.66. The highest BCUT2D eigenvalue weighted by molar-refractivity contribution is 6.35. The summed E-state index contributed by atoms with van der Waals surface area (Å²) >= 11 is 18.9. The van der Waals surface area contributed by atoms with Gasteiger partial charge in [-0.15, -0.1) is 0 Å². The summed E-state index contributed by atoms with van der Waals surface area (Å²) in [5.41, 5.74) is 4.59. The molecule has 2 N–H and O–H groups in total. The Morgan fingerprint density at radius 2 is 1.62 bits per heavy atom. The van der Waals surface area contributed by atoms with Gasteiger partial charge >= 0.3 is 0 Å². The smallest absolute Gasteiger partial charge is 0.272 e. The maximum atomic E-state index is 13.4. The third kappa shape index (κ3) is 5.12. The Labute approximate surface area is 245 Å². The van der Waals surface area contributed by atoms with Gasteiger partial charge in [-0.05, 0) is 92.5 Å². The Bertz CT molecular complexity index is 1410. The van der Waals surface area contributed by atoms with E-state index in [2.05, 4.69) is 24.5 Å². The van der Waals surface area contributed by atoms with E-state index in [9.17, 15) is 4.79 Å². The number of aromatic nitrogens is 2. The van der Waals surface area contributed by atoms with Crippen molar-refractivity contribution in [1.82, 2.24) is 20.4 Å². The molecule has 0 aliphatic heterocycles. The van der Waals surface area contributed by atoms with E-state index in [-0.39, 0.29) is 11.4 Å². The van der Waals surface area contributed by atoms with Gasteiger partial charge in [0.2, 0.25) is 0 Å². The first-order chi connectivity index (χ1) is 18.5. The van der Waals surface area contributed by atoms with Gasteiger partial charge in [-0.3, -0.25) is 4.79 Å². The van der Waals surface area contributed by atoms with E-state index >= 15 is 0 Å². The molecule has 8 heteroatoms. The Morgan fingerprint density at radius 3 is 2.26 bits per heavy atom. The van der Waals surface area contributed by atoms with Gasteiger partial charge in [-0.1, -0.05) is 60.8 Å². The molecule has 4 aliphatic rings. The van der Waals surface area contributed by atoms with E-state index in [1.54, 1.807) is 16.8 Å². The zero-order valence-electron chi connectivity index (χ0n) is 22.7. The molecule has 4 bridgehead atoms. The van der Waals surface area contributed by atoms with Crippen molar-refractivity contribution in [3.05, 3.63) is 68.8 Å². The first-order valence-electron chi connectivity index (χ1n) is 13.8. The van der Waals surface area contributed by atoms with Crippen molar-refractivity contribution in [3.63, 3.8) is 0 Å². The Kier molecular flexibility index (Phi) is 6.82.